The Hall–Kier alpha value is -1.12. The van der Waals surface area contributed by atoms with Crippen molar-refractivity contribution < 1.29 is 4.79 Å². The van der Waals surface area contributed by atoms with E-state index in [4.69, 9.17) is 0 Å². The highest BCUT2D eigenvalue weighted by molar-refractivity contribution is 6.47. The highest BCUT2D eigenvalue weighted by Crippen LogP contribution is 2.22. The van der Waals surface area contributed by atoms with E-state index in [1.54, 1.807) is 0 Å². The van der Waals surface area contributed by atoms with Crippen LogP contribution in [0, 0.1) is 0 Å². The van der Waals surface area contributed by atoms with Crippen molar-refractivity contribution in [3.8, 4) is 0 Å². The fraction of sp³-hybridized carbons (Fsp3) is 0.600. The number of amides is 1. The number of nitrogens with one attached hydrogen (secondary N) is 1. The maximum Gasteiger partial charge on any atom is 0.268 e. The van der Waals surface area contributed by atoms with Gasteiger partial charge in [-0.1, -0.05) is 13.3 Å². The van der Waals surface area contributed by atoms with Gasteiger partial charge in [0.05, 0.1) is 6.04 Å². The van der Waals surface area contributed by atoms with Gasteiger partial charge in [-0.3, -0.25) is 9.79 Å². The van der Waals surface area contributed by atoms with Gasteiger partial charge in [-0.2, -0.15) is 0 Å². The summed E-state index contributed by atoms with van der Waals surface area (Å²) in [6, 6.07) is 0.226. The number of fused-ring (bicyclic) bond motifs is 1. The van der Waals surface area contributed by atoms with Crippen molar-refractivity contribution in [3.63, 3.8) is 0 Å². The van der Waals surface area contributed by atoms with Crippen LogP contribution in [0.2, 0.25) is 0 Å². The van der Waals surface area contributed by atoms with Gasteiger partial charge < -0.3 is 5.32 Å². The van der Waals surface area contributed by atoms with Gasteiger partial charge in [-0.25, -0.2) is 0 Å². The summed E-state index contributed by atoms with van der Waals surface area (Å²) in [5.41, 5.74) is 2.09. The topological polar surface area (TPSA) is 41.5 Å². The highest BCUT2D eigenvalue weighted by Gasteiger charge is 2.36. The van der Waals surface area contributed by atoms with Gasteiger partial charge in [0.1, 0.15) is 5.71 Å². The zero-order valence-electron chi connectivity index (χ0n) is 7.84. The van der Waals surface area contributed by atoms with Crippen molar-refractivity contribution in [2.24, 2.45) is 4.99 Å². The molecule has 2 aliphatic rings. The van der Waals surface area contributed by atoms with Crippen LogP contribution in [0.25, 0.3) is 0 Å². The van der Waals surface area contributed by atoms with E-state index in [9.17, 15) is 4.79 Å². The predicted molar refractivity (Wildman–Crippen MR) is 51.6 cm³/mol. The molecule has 0 aromatic carbocycles. The van der Waals surface area contributed by atoms with E-state index in [-0.39, 0.29) is 11.9 Å². The van der Waals surface area contributed by atoms with Crippen LogP contribution >= 0.6 is 0 Å². The van der Waals surface area contributed by atoms with Crippen molar-refractivity contribution >= 4 is 11.6 Å². The number of carbonyl (C=O) groups excluding carboxylic acids is 1. The molecule has 3 heteroatoms. The van der Waals surface area contributed by atoms with Crippen molar-refractivity contribution in [1.82, 2.24) is 5.32 Å². The molecule has 0 aliphatic carbocycles. The van der Waals surface area contributed by atoms with Crippen LogP contribution in [0.1, 0.15) is 32.6 Å². The van der Waals surface area contributed by atoms with E-state index in [1.807, 2.05) is 6.20 Å². The van der Waals surface area contributed by atoms with Crippen LogP contribution in [-0.4, -0.2) is 17.7 Å². The molecule has 0 spiro atoms. The Kier molecular flexibility index (Phi) is 2.17. The quantitative estimate of drug-likeness (QED) is 0.652. The first-order valence-electron chi connectivity index (χ1n) is 4.87. The number of carbonyl (C=O) groups is 1. The van der Waals surface area contributed by atoms with Crippen molar-refractivity contribution in [2.75, 3.05) is 0 Å². The van der Waals surface area contributed by atoms with Gasteiger partial charge in [0.2, 0.25) is 0 Å². The first-order chi connectivity index (χ1) is 6.31. The smallest absolute Gasteiger partial charge is 0.268 e. The van der Waals surface area contributed by atoms with Crippen molar-refractivity contribution in [2.45, 2.75) is 38.6 Å². The lowest BCUT2D eigenvalue weighted by Crippen LogP contribution is -2.59. The molecule has 1 unspecified atom stereocenters. The molecule has 2 aliphatic heterocycles. The Morgan fingerprint density at radius 2 is 2.54 bits per heavy atom. The van der Waals surface area contributed by atoms with Gasteiger partial charge in [-0.05, 0) is 24.8 Å². The number of β-lactam (4-membered cyclic amide) rings is 1. The average molecular weight is 178 g/mol. The number of unbranched alkanes of at least 4 members (excludes halogenated alkanes) is 1. The molecule has 0 bridgehead atoms. The molecule has 1 atom stereocenters. The van der Waals surface area contributed by atoms with E-state index in [1.165, 1.54) is 18.4 Å². The second-order valence-electron chi connectivity index (χ2n) is 3.64. The fourth-order valence-corrected chi connectivity index (χ4v) is 1.72. The summed E-state index contributed by atoms with van der Waals surface area (Å²) in [6.07, 6.45) is 6.41. The van der Waals surface area contributed by atoms with Crippen molar-refractivity contribution in [1.29, 1.82) is 0 Å². The molecular formula is C10H14N2O. The Labute approximate surface area is 77.9 Å². The molecule has 0 saturated carbocycles. The van der Waals surface area contributed by atoms with Crippen LogP contribution in [0.5, 0.6) is 0 Å². The molecule has 1 amide bonds. The Bertz CT molecular complexity index is 291. The summed E-state index contributed by atoms with van der Waals surface area (Å²) in [7, 11) is 0. The highest BCUT2D eigenvalue weighted by atomic mass is 16.2. The minimum Gasteiger partial charge on any atom is -0.342 e. The maximum atomic E-state index is 10.9. The monoisotopic (exact) mass is 178 g/mol. The third-order valence-corrected chi connectivity index (χ3v) is 2.57. The normalized spacial score (nSPS) is 25.3. The van der Waals surface area contributed by atoms with E-state index in [0.29, 0.717) is 0 Å². The number of nitrogens with zero attached hydrogens (tertiary/aromatic N) is 1. The summed E-state index contributed by atoms with van der Waals surface area (Å²) < 4.78 is 0. The summed E-state index contributed by atoms with van der Waals surface area (Å²) in [5, 5.41) is 2.84. The predicted octanol–water partition coefficient (Wildman–Crippen LogP) is 1.40. The van der Waals surface area contributed by atoms with Crippen LogP contribution in [0.3, 0.4) is 0 Å². The van der Waals surface area contributed by atoms with Crippen LogP contribution < -0.4 is 5.32 Å². The van der Waals surface area contributed by atoms with E-state index < -0.39 is 0 Å². The number of hydrogen-bond donors (Lipinski definition) is 1. The van der Waals surface area contributed by atoms with Gasteiger partial charge in [-0.15, -0.1) is 0 Å². The number of hydrogen-bond acceptors (Lipinski definition) is 2. The molecule has 2 rings (SSSR count). The van der Waals surface area contributed by atoms with E-state index in [2.05, 4.69) is 17.2 Å². The second kappa shape index (κ2) is 3.32. The molecule has 1 N–H and O–H groups in total. The summed E-state index contributed by atoms with van der Waals surface area (Å²) >= 11 is 0. The van der Waals surface area contributed by atoms with Crippen molar-refractivity contribution in [3.05, 3.63) is 11.8 Å². The average Bonchev–Trinajstić information content (AvgIpc) is 2.13. The first-order valence-corrected chi connectivity index (χ1v) is 4.87. The Morgan fingerprint density at radius 1 is 1.69 bits per heavy atom. The molecule has 0 radical (unpaired) electrons. The number of rotatable bonds is 3. The second-order valence-corrected chi connectivity index (χ2v) is 3.64. The van der Waals surface area contributed by atoms with Crippen LogP contribution in [0.4, 0.5) is 0 Å². The van der Waals surface area contributed by atoms with E-state index in [0.717, 1.165) is 18.6 Å². The minimum atomic E-state index is 0.00999. The molecule has 1 saturated heterocycles. The van der Waals surface area contributed by atoms with Gasteiger partial charge in [0.15, 0.2) is 0 Å². The molecule has 0 aromatic rings. The van der Waals surface area contributed by atoms with Crippen LogP contribution in [-0.2, 0) is 4.79 Å². The lowest BCUT2D eigenvalue weighted by Gasteiger charge is -2.32. The van der Waals surface area contributed by atoms with Gasteiger partial charge >= 0.3 is 0 Å². The summed E-state index contributed by atoms with van der Waals surface area (Å²) in [6.45, 7) is 2.18. The van der Waals surface area contributed by atoms with E-state index >= 15 is 0 Å². The first kappa shape index (κ1) is 8.48. The van der Waals surface area contributed by atoms with Gasteiger partial charge in [0.25, 0.3) is 5.91 Å². The molecule has 70 valence electrons. The molecule has 13 heavy (non-hydrogen) atoms. The minimum absolute atomic E-state index is 0.00999. The maximum absolute atomic E-state index is 10.9. The third kappa shape index (κ3) is 1.50. The number of aliphatic imine (C=N–C) groups is 1. The molecule has 2 heterocycles. The molecular weight excluding hydrogens is 164 g/mol. The zero-order valence-corrected chi connectivity index (χ0v) is 7.84. The largest absolute Gasteiger partial charge is 0.342 e. The Morgan fingerprint density at radius 3 is 3.15 bits per heavy atom. The lowest BCUT2D eigenvalue weighted by atomic mass is 9.91. The Balaban J connectivity index is 1.98. The zero-order chi connectivity index (χ0) is 9.26. The summed E-state index contributed by atoms with van der Waals surface area (Å²) in [5.74, 6) is 0.00999. The third-order valence-electron chi connectivity index (χ3n) is 2.57. The lowest BCUT2D eigenvalue weighted by molar-refractivity contribution is -0.117. The molecule has 0 aromatic heterocycles. The van der Waals surface area contributed by atoms with Gasteiger partial charge in [0, 0.05) is 6.20 Å². The SMILES string of the molecule is CCCCC1=CN=C2C(=O)NC2C1. The standard InChI is InChI=1S/C10H14N2O/c1-2-3-4-7-5-8-9(11-6-7)10(13)12-8/h6,8H,2-5H2,1H3,(H,12,13). The molecule has 3 nitrogen and oxygen atoms in total. The van der Waals surface area contributed by atoms with Crippen LogP contribution in [0.15, 0.2) is 16.8 Å². The molecule has 1 fully saturated rings. The summed E-state index contributed by atoms with van der Waals surface area (Å²) in [4.78, 5) is 15.1. The fourth-order valence-electron chi connectivity index (χ4n) is 1.72.